The molecule has 108 valence electrons. The number of hydrogen-bond donors (Lipinski definition) is 1. The molecule has 1 aromatic carbocycles. The van der Waals surface area contributed by atoms with Crippen molar-refractivity contribution in [3.63, 3.8) is 0 Å². The molecular formula is C14H16ClFN2O2. The van der Waals surface area contributed by atoms with Crippen molar-refractivity contribution in [2.24, 2.45) is 5.41 Å². The van der Waals surface area contributed by atoms with Gasteiger partial charge >= 0.3 is 0 Å². The number of anilines is 1. The van der Waals surface area contributed by atoms with Gasteiger partial charge in [-0.15, -0.1) is 0 Å². The molecule has 1 aromatic rings. The Morgan fingerprint density at radius 2 is 1.95 bits per heavy atom. The third kappa shape index (κ3) is 2.93. The van der Waals surface area contributed by atoms with Crippen LogP contribution in [0.1, 0.15) is 20.8 Å². The number of rotatable bonds is 1. The van der Waals surface area contributed by atoms with Gasteiger partial charge in [-0.2, -0.15) is 0 Å². The van der Waals surface area contributed by atoms with Gasteiger partial charge in [0.15, 0.2) is 0 Å². The van der Waals surface area contributed by atoms with Crippen LogP contribution in [0, 0.1) is 11.2 Å². The summed E-state index contributed by atoms with van der Waals surface area (Å²) >= 11 is 5.80. The molecule has 4 nitrogen and oxygen atoms in total. The minimum atomic E-state index is -0.647. The highest BCUT2D eigenvalue weighted by atomic mass is 35.5. The van der Waals surface area contributed by atoms with Crippen molar-refractivity contribution in [2.45, 2.75) is 26.8 Å². The van der Waals surface area contributed by atoms with Gasteiger partial charge in [0.2, 0.25) is 5.91 Å². The first-order chi connectivity index (χ1) is 9.18. The van der Waals surface area contributed by atoms with Crippen LogP contribution in [0.5, 0.6) is 0 Å². The standard InChI is InChI=1S/C14H16ClFN2O2/c1-14(2,3)12-13(20)18(7-11(19)17-12)10-5-8(15)4-9(16)6-10/h4-6,12H,7H2,1-3H3,(H,17,19). The van der Waals surface area contributed by atoms with E-state index in [0.29, 0.717) is 5.69 Å². The summed E-state index contributed by atoms with van der Waals surface area (Å²) in [6.45, 7) is 5.44. The Balaban J connectivity index is 2.40. The molecule has 1 N–H and O–H groups in total. The number of carbonyl (C=O) groups is 2. The van der Waals surface area contributed by atoms with Crippen LogP contribution in [0.4, 0.5) is 10.1 Å². The lowest BCUT2D eigenvalue weighted by molar-refractivity contribution is -0.133. The van der Waals surface area contributed by atoms with Crippen LogP contribution in [-0.2, 0) is 9.59 Å². The van der Waals surface area contributed by atoms with Crippen LogP contribution in [0.25, 0.3) is 0 Å². The summed E-state index contributed by atoms with van der Waals surface area (Å²) < 4.78 is 13.4. The summed E-state index contributed by atoms with van der Waals surface area (Å²) in [5.41, 5.74) is -0.133. The van der Waals surface area contributed by atoms with E-state index in [1.807, 2.05) is 20.8 Å². The number of halogens is 2. The maximum atomic E-state index is 13.4. The van der Waals surface area contributed by atoms with Crippen molar-refractivity contribution < 1.29 is 14.0 Å². The van der Waals surface area contributed by atoms with Gasteiger partial charge in [-0.05, 0) is 23.6 Å². The molecule has 6 heteroatoms. The molecule has 0 aliphatic carbocycles. The number of piperazine rings is 1. The average molecular weight is 299 g/mol. The molecule has 0 bridgehead atoms. The zero-order chi connectivity index (χ0) is 15.1. The quantitative estimate of drug-likeness (QED) is 0.865. The van der Waals surface area contributed by atoms with Crippen molar-refractivity contribution >= 4 is 29.1 Å². The number of benzene rings is 1. The Morgan fingerprint density at radius 3 is 2.50 bits per heavy atom. The summed E-state index contributed by atoms with van der Waals surface area (Å²) in [6, 6.07) is 3.18. The normalized spacial score (nSPS) is 20.1. The molecule has 0 saturated carbocycles. The molecule has 0 spiro atoms. The first-order valence-corrected chi connectivity index (χ1v) is 6.63. The maximum Gasteiger partial charge on any atom is 0.250 e. The minimum Gasteiger partial charge on any atom is -0.342 e. The van der Waals surface area contributed by atoms with Crippen molar-refractivity contribution in [3.05, 3.63) is 29.0 Å². The van der Waals surface area contributed by atoms with Crippen LogP contribution in [-0.4, -0.2) is 24.4 Å². The molecule has 1 fully saturated rings. The number of nitrogens with zero attached hydrogens (tertiary/aromatic N) is 1. The van der Waals surface area contributed by atoms with E-state index in [1.54, 1.807) is 0 Å². The van der Waals surface area contributed by atoms with Gasteiger partial charge in [0.1, 0.15) is 18.4 Å². The van der Waals surface area contributed by atoms with E-state index in [2.05, 4.69) is 5.32 Å². The van der Waals surface area contributed by atoms with Gasteiger partial charge in [0.05, 0.1) is 0 Å². The van der Waals surface area contributed by atoms with Crippen LogP contribution in [0.2, 0.25) is 5.02 Å². The van der Waals surface area contributed by atoms with Crippen LogP contribution >= 0.6 is 11.6 Å². The SMILES string of the molecule is CC(C)(C)C1NC(=O)CN(c2cc(F)cc(Cl)c2)C1=O. The highest BCUT2D eigenvalue weighted by Crippen LogP contribution is 2.28. The van der Waals surface area contributed by atoms with Crippen molar-refractivity contribution in [2.75, 3.05) is 11.4 Å². The topological polar surface area (TPSA) is 49.4 Å². The fourth-order valence-corrected chi connectivity index (χ4v) is 2.36. The van der Waals surface area contributed by atoms with Gasteiger partial charge < -0.3 is 10.2 Å². The van der Waals surface area contributed by atoms with Crippen molar-refractivity contribution in [1.29, 1.82) is 0 Å². The molecule has 2 amide bonds. The van der Waals surface area contributed by atoms with Crippen LogP contribution in [0.3, 0.4) is 0 Å². The minimum absolute atomic E-state index is 0.134. The Bertz CT molecular complexity index is 549. The second-order valence-corrected chi connectivity index (χ2v) is 6.36. The molecule has 1 atom stereocenters. The lowest BCUT2D eigenvalue weighted by Crippen LogP contribution is -2.62. The number of nitrogens with one attached hydrogen (secondary N) is 1. The van der Waals surface area contributed by atoms with Crippen LogP contribution < -0.4 is 10.2 Å². The lowest BCUT2D eigenvalue weighted by atomic mass is 9.84. The van der Waals surface area contributed by atoms with Crippen molar-refractivity contribution in [1.82, 2.24) is 5.32 Å². The zero-order valence-corrected chi connectivity index (χ0v) is 12.3. The molecule has 1 unspecified atom stereocenters. The van der Waals surface area contributed by atoms with Gasteiger partial charge in [-0.3, -0.25) is 9.59 Å². The van der Waals surface area contributed by atoms with E-state index < -0.39 is 17.3 Å². The molecule has 0 radical (unpaired) electrons. The second kappa shape index (κ2) is 5.05. The molecule has 2 rings (SSSR count). The number of carbonyl (C=O) groups excluding carboxylic acids is 2. The second-order valence-electron chi connectivity index (χ2n) is 5.92. The van der Waals surface area contributed by atoms with Gasteiger partial charge in [-0.1, -0.05) is 32.4 Å². The molecule has 1 heterocycles. The van der Waals surface area contributed by atoms with E-state index >= 15 is 0 Å². The first-order valence-electron chi connectivity index (χ1n) is 6.25. The third-order valence-electron chi connectivity index (χ3n) is 3.15. The maximum absolute atomic E-state index is 13.4. The van der Waals surface area contributed by atoms with E-state index in [4.69, 9.17) is 11.6 Å². The number of hydrogen-bond acceptors (Lipinski definition) is 2. The predicted octanol–water partition coefficient (Wildman–Crippen LogP) is 2.36. The fraction of sp³-hybridized carbons (Fsp3) is 0.429. The Kier molecular flexibility index (Phi) is 3.73. The fourth-order valence-electron chi connectivity index (χ4n) is 2.15. The summed E-state index contributed by atoms with van der Waals surface area (Å²) in [5, 5.41) is 2.86. The molecule has 1 aliphatic heterocycles. The molecule has 1 saturated heterocycles. The molecule has 1 aliphatic rings. The van der Waals surface area contributed by atoms with Crippen LogP contribution in [0.15, 0.2) is 18.2 Å². The van der Waals surface area contributed by atoms with E-state index in [-0.39, 0.29) is 23.4 Å². The Hall–Kier alpha value is -1.62. The third-order valence-corrected chi connectivity index (χ3v) is 3.36. The van der Waals surface area contributed by atoms with E-state index in [1.165, 1.54) is 17.0 Å². The summed E-state index contributed by atoms with van der Waals surface area (Å²) in [5.74, 6) is -1.08. The number of amides is 2. The monoisotopic (exact) mass is 298 g/mol. The summed E-state index contributed by atoms with van der Waals surface area (Å²) in [7, 11) is 0. The van der Waals surface area contributed by atoms with E-state index in [0.717, 1.165) is 6.07 Å². The van der Waals surface area contributed by atoms with E-state index in [9.17, 15) is 14.0 Å². The molecule has 20 heavy (non-hydrogen) atoms. The average Bonchev–Trinajstić information content (AvgIpc) is 2.29. The molecular weight excluding hydrogens is 283 g/mol. The largest absolute Gasteiger partial charge is 0.342 e. The summed E-state index contributed by atoms with van der Waals surface area (Å²) in [6.07, 6.45) is 0. The highest BCUT2D eigenvalue weighted by molar-refractivity contribution is 6.31. The first kappa shape index (κ1) is 14.8. The summed E-state index contributed by atoms with van der Waals surface area (Å²) in [4.78, 5) is 25.5. The predicted molar refractivity (Wildman–Crippen MR) is 75.1 cm³/mol. The molecule has 0 aromatic heterocycles. The van der Waals surface area contributed by atoms with Crippen molar-refractivity contribution in [3.8, 4) is 0 Å². The lowest BCUT2D eigenvalue weighted by Gasteiger charge is -2.38. The Labute approximate surface area is 121 Å². The highest BCUT2D eigenvalue weighted by Gasteiger charge is 2.40. The van der Waals surface area contributed by atoms with Gasteiger partial charge in [-0.25, -0.2) is 4.39 Å². The Morgan fingerprint density at radius 1 is 1.30 bits per heavy atom. The van der Waals surface area contributed by atoms with Gasteiger partial charge in [0.25, 0.3) is 5.91 Å². The van der Waals surface area contributed by atoms with Gasteiger partial charge in [0, 0.05) is 10.7 Å². The smallest absolute Gasteiger partial charge is 0.250 e. The zero-order valence-electron chi connectivity index (χ0n) is 11.5.